The van der Waals surface area contributed by atoms with Crippen LogP contribution >= 0.6 is 0 Å². The number of hydrogen-bond donors (Lipinski definition) is 1. The predicted octanol–water partition coefficient (Wildman–Crippen LogP) is 1.56. The number of hydrogen-bond acceptors (Lipinski definition) is 3. The van der Waals surface area contributed by atoms with Crippen molar-refractivity contribution in [3.8, 4) is 0 Å². The molecule has 0 bridgehead atoms. The lowest BCUT2D eigenvalue weighted by atomic mass is 10.1. The maximum Gasteiger partial charge on any atom is 0.0700 e. The Bertz CT molecular complexity index is 98.9. The quantitative estimate of drug-likeness (QED) is 0.560. The number of methoxy groups -OCH3 is 1. The molecule has 13 heavy (non-hydrogen) atoms. The molecule has 0 heterocycles. The molecule has 0 spiro atoms. The summed E-state index contributed by atoms with van der Waals surface area (Å²) in [5, 5.41) is 0. The maximum atomic E-state index is 5.84. The van der Waals surface area contributed by atoms with E-state index >= 15 is 0 Å². The van der Waals surface area contributed by atoms with E-state index in [0.29, 0.717) is 19.3 Å². The van der Waals surface area contributed by atoms with Crippen LogP contribution in [0.25, 0.3) is 0 Å². The van der Waals surface area contributed by atoms with Crippen molar-refractivity contribution in [1.29, 1.82) is 0 Å². The first-order valence-electron chi connectivity index (χ1n) is 5.13. The van der Waals surface area contributed by atoms with Crippen LogP contribution in [0.15, 0.2) is 0 Å². The van der Waals surface area contributed by atoms with Crippen molar-refractivity contribution < 1.29 is 9.47 Å². The van der Waals surface area contributed by atoms with Gasteiger partial charge in [0, 0.05) is 19.8 Å². The van der Waals surface area contributed by atoms with Crippen LogP contribution in [0.3, 0.4) is 0 Å². The fourth-order valence-corrected chi connectivity index (χ4v) is 1.21. The molecule has 0 aromatic heterocycles. The minimum absolute atomic E-state index is 0.357. The van der Waals surface area contributed by atoms with Gasteiger partial charge in [0.15, 0.2) is 0 Å². The molecule has 1 unspecified atom stereocenters. The summed E-state index contributed by atoms with van der Waals surface area (Å²) in [6.45, 7) is 4.34. The summed E-state index contributed by atoms with van der Waals surface area (Å²) in [6, 6.07) is 0.357. The lowest BCUT2D eigenvalue weighted by Gasteiger charge is -2.09. The molecule has 0 aromatic rings. The van der Waals surface area contributed by atoms with Crippen molar-refractivity contribution >= 4 is 0 Å². The van der Waals surface area contributed by atoms with E-state index in [0.717, 1.165) is 25.9 Å². The topological polar surface area (TPSA) is 44.5 Å². The number of rotatable bonds is 9. The van der Waals surface area contributed by atoms with E-state index in [1.54, 1.807) is 7.11 Å². The van der Waals surface area contributed by atoms with Crippen LogP contribution in [0.5, 0.6) is 0 Å². The minimum Gasteiger partial charge on any atom is -0.382 e. The number of nitrogens with two attached hydrogens (primary N) is 1. The largest absolute Gasteiger partial charge is 0.382 e. The molecular weight excluding hydrogens is 166 g/mol. The third kappa shape index (κ3) is 9.80. The molecule has 0 rings (SSSR count). The zero-order chi connectivity index (χ0) is 9.94. The highest BCUT2D eigenvalue weighted by Crippen LogP contribution is 2.01. The Labute approximate surface area is 81.6 Å². The smallest absolute Gasteiger partial charge is 0.0700 e. The maximum absolute atomic E-state index is 5.84. The third-order valence-corrected chi connectivity index (χ3v) is 1.95. The van der Waals surface area contributed by atoms with E-state index in [2.05, 4.69) is 6.92 Å². The summed E-state index contributed by atoms with van der Waals surface area (Å²) >= 11 is 0. The van der Waals surface area contributed by atoms with E-state index in [1.807, 2.05) is 0 Å². The predicted molar refractivity (Wildman–Crippen MR) is 54.8 cm³/mol. The molecule has 0 fully saturated rings. The summed E-state index contributed by atoms with van der Waals surface area (Å²) in [4.78, 5) is 0. The molecule has 2 N–H and O–H groups in total. The highest BCUT2D eigenvalue weighted by molar-refractivity contribution is 4.59. The lowest BCUT2D eigenvalue weighted by Crippen LogP contribution is -2.20. The minimum atomic E-state index is 0.357. The van der Waals surface area contributed by atoms with E-state index in [-0.39, 0.29) is 0 Å². The zero-order valence-corrected chi connectivity index (χ0v) is 8.92. The summed E-state index contributed by atoms with van der Waals surface area (Å²) in [5.41, 5.74) is 5.84. The Balaban J connectivity index is 2.97. The van der Waals surface area contributed by atoms with Gasteiger partial charge in [-0.3, -0.25) is 0 Å². The van der Waals surface area contributed by atoms with Gasteiger partial charge in [0.25, 0.3) is 0 Å². The highest BCUT2D eigenvalue weighted by Gasteiger charge is 1.99. The molecule has 0 aliphatic carbocycles. The van der Waals surface area contributed by atoms with Gasteiger partial charge in [-0.25, -0.2) is 0 Å². The molecule has 0 aliphatic heterocycles. The Hall–Kier alpha value is -0.120. The van der Waals surface area contributed by atoms with Gasteiger partial charge in [-0.05, 0) is 19.3 Å². The first-order chi connectivity index (χ1) is 6.31. The van der Waals surface area contributed by atoms with Gasteiger partial charge in [-0.1, -0.05) is 13.3 Å². The van der Waals surface area contributed by atoms with Crippen molar-refractivity contribution in [1.82, 2.24) is 0 Å². The number of ether oxygens (including phenoxy) is 2. The van der Waals surface area contributed by atoms with Crippen LogP contribution in [0.1, 0.15) is 32.6 Å². The first kappa shape index (κ1) is 12.9. The van der Waals surface area contributed by atoms with Gasteiger partial charge in [-0.15, -0.1) is 0 Å². The van der Waals surface area contributed by atoms with Crippen LogP contribution in [0.4, 0.5) is 0 Å². The van der Waals surface area contributed by atoms with Crippen molar-refractivity contribution in [2.75, 3.05) is 26.9 Å². The Morgan fingerprint density at radius 3 is 2.54 bits per heavy atom. The molecule has 0 aromatic carbocycles. The summed E-state index contributed by atoms with van der Waals surface area (Å²) in [7, 11) is 1.68. The van der Waals surface area contributed by atoms with Gasteiger partial charge in [-0.2, -0.15) is 0 Å². The molecule has 0 saturated carbocycles. The fourth-order valence-electron chi connectivity index (χ4n) is 1.21. The fraction of sp³-hybridized carbons (Fsp3) is 1.00. The highest BCUT2D eigenvalue weighted by atomic mass is 16.5. The van der Waals surface area contributed by atoms with Crippen molar-refractivity contribution in [3.05, 3.63) is 0 Å². The van der Waals surface area contributed by atoms with E-state index in [4.69, 9.17) is 15.2 Å². The Kier molecular flexibility index (Phi) is 9.87. The van der Waals surface area contributed by atoms with Crippen LogP contribution in [0.2, 0.25) is 0 Å². The van der Waals surface area contributed by atoms with Crippen LogP contribution in [-0.4, -0.2) is 33.0 Å². The molecular formula is C10H23NO2. The second-order valence-electron chi connectivity index (χ2n) is 3.30. The van der Waals surface area contributed by atoms with Crippen LogP contribution < -0.4 is 5.73 Å². The molecule has 3 nitrogen and oxygen atoms in total. The average molecular weight is 189 g/mol. The molecule has 80 valence electrons. The molecule has 0 aliphatic rings. The van der Waals surface area contributed by atoms with Crippen LogP contribution in [-0.2, 0) is 9.47 Å². The summed E-state index contributed by atoms with van der Waals surface area (Å²) in [5.74, 6) is 0. The molecule has 0 amide bonds. The van der Waals surface area contributed by atoms with Crippen molar-refractivity contribution in [2.45, 2.75) is 38.6 Å². The van der Waals surface area contributed by atoms with Crippen LogP contribution in [0, 0.1) is 0 Å². The van der Waals surface area contributed by atoms with Gasteiger partial charge in [0.1, 0.15) is 0 Å². The first-order valence-corrected chi connectivity index (χ1v) is 5.13. The normalized spacial score (nSPS) is 13.2. The van der Waals surface area contributed by atoms with Gasteiger partial charge < -0.3 is 15.2 Å². The van der Waals surface area contributed by atoms with E-state index in [9.17, 15) is 0 Å². The van der Waals surface area contributed by atoms with Gasteiger partial charge in [0.2, 0.25) is 0 Å². The molecule has 1 atom stereocenters. The van der Waals surface area contributed by atoms with Gasteiger partial charge in [0.05, 0.1) is 13.2 Å². The monoisotopic (exact) mass is 189 g/mol. The third-order valence-electron chi connectivity index (χ3n) is 1.95. The van der Waals surface area contributed by atoms with Crippen molar-refractivity contribution in [2.24, 2.45) is 5.73 Å². The zero-order valence-electron chi connectivity index (χ0n) is 8.92. The summed E-state index contributed by atoms with van der Waals surface area (Å²) in [6.07, 6.45) is 4.43. The van der Waals surface area contributed by atoms with Crippen molar-refractivity contribution in [3.63, 3.8) is 0 Å². The lowest BCUT2D eigenvalue weighted by molar-refractivity contribution is 0.0681. The second-order valence-corrected chi connectivity index (χ2v) is 3.30. The molecule has 0 saturated heterocycles. The average Bonchev–Trinajstić information content (AvgIpc) is 2.11. The summed E-state index contributed by atoms with van der Waals surface area (Å²) < 4.78 is 10.2. The van der Waals surface area contributed by atoms with Gasteiger partial charge >= 0.3 is 0 Å². The second kappa shape index (κ2) is 9.96. The van der Waals surface area contributed by atoms with E-state index < -0.39 is 0 Å². The molecule has 3 heteroatoms. The Morgan fingerprint density at radius 1 is 1.15 bits per heavy atom. The molecule has 0 radical (unpaired) electrons. The Morgan fingerprint density at radius 2 is 1.92 bits per heavy atom. The van der Waals surface area contributed by atoms with E-state index in [1.165, 1.54) is 6.42 Å². The SMILES string of the molecule is CCCC(N)CCCOCCOC. The standard InChI is InChI=1S/C10H23NO2/c1-3-5-10(11)6-4-7-13-9-8-12-2/h10H,3-9,11H2,1-2H3.